The molecule has 128 valence electrons. The number of hydrogen-bond acceptors (Lipinski definition) is 1. The van der Waals surface area contributed by atoms with E-state index in [0.29, 0.717) is 6.04 Å². The molecule has 5 rings (SSSR count). The van der Waals surface area contributed by atoms with Gasteiger partial charge in [-0.05, 0) is 42.4 Å². The average Bonchev–Trinajstić information content (AvgIpc) is 2.97. The van der Waals surface area contributed by atoms with Crippen LogP contribution in [0.2, 0.25) is 0 Å². The van der Waals surface area contributed by atoms with E-state index >= 15 is 0 Å². The summed E-state index contributed by atoms with van der Waals surface area (Å²) < 4.78 is 2.62. The first kappa shape index (κ1) is 15.2. The van der Waals surface area contributed by atoms with Crippen molar-refractivity contribution in [3.8, 4) is 0 Å². The van der Waals surface area contributed by atoms with Gasteiger partial charge in [0, 0.05) is 36.2 Å². The van der Waals surface area contributed by atoms with Crippen molar-refractivity contribution in [1.29, 1.82) is 0 Å². The number of para-hydroxylation sites is 1. The lowest BCUT2D eigenvalue weighted by molar-refractivity contribution is 0.100. The largest absolute Gasteiger partial charge is 0.338 e. The fraction of sp³-hybridized carbons (Fsp3) is 0.391. The third kappa shape index (κ3) is 2.51. The Morgan fingerprint density at radius 3 is 2.64 bits per heavy atom. The minimum atomic E-state index is 0.607. The average molecular weight is 330 g/mol. The third-order valence-electron chi connectivity index (χ3n) is 6.19. The van der Waals surface area contributed by atoms with E-state index in [0.717, 1.165) is 12.5 Å². The van der Waals surface area contributed by atoms with Crippen LogP contribution in [0.1, 0.15) is 42.6 Å². The van der Waals surface area contributed by atoms with Gasteiger partial charge in [0.15, 0.2) is 0 Å². The molecule has 3 heterocycles. The first-order valence-corrected chi connectivity index (χ1v) is 9.69. The highest BCUT2D eigenvalue weighted by atomic mass is 15.2. The Hall–Kier alpha value is -2.06. The van der Waals surface area contributed by atoms with Crippen LogP contribution in [-0.2, 0) is 13.0 Å². The van der Waals surface area contributed by atoms with Crippen LogP contribution < -0.4 is 0 Å². The monoisotopic (exact) mass is 330 g/mol. The molecule has 2 atom stereocenters. The van der Waals surface area contributed by atoms with Crippen LogP contribution in [0.4, 0.5) is 0 Å². The van der Waals surface area contributed by atoms with Gasteiger partial charge < -0.3 is 4.57 Å². The molecule has 0 amide bonds. The zero-order chi connectivity index (χ0) is 16.8. The molecule has 1 aromatic heterocycles. The molecule has 3 aromatic rings. The number of fused-ring (bicyclic) bond motifs is 5. The van der Waals surface area contributed by atoms with Crippen molar-refractivity contribution in [1.82, 2.24) is 9.47 Å². The van der Waals surface area contributed by atoms with Gasteiger partial charge in [0.2, 0.25) is 0 Å². The smallest absolute Gasteiger partial charge is 0.0504 e. The second kappa shape index (κ2) is 6.03. The SMILES string of the molecule is C[C@@H]1CC[C@@H]2c3c(c4ccccc4n3Cc3ccccc3)CCN2C1. The topological polar surface area (TPSA) is 8.17 Å². The summed E-state index contributed by atoms with van der Waals surface area (Å²) in [6.07, 6.45) is 3.85. The predicted octanol–water partition coefficient (Wildman–Crippen LogP) is 5.02. The molecule has 2 aromatic carbocycles. The van der Waals surface area contributed by atoms with Crippen LogP contribution in [0.5, 0.6) is 0 Å². The maximum atomic E-state index is 2.75. The van der Waals surface area contributed by atoms with Crippen LogP contribution in [-0.4, -0.2) is 22.6 Å². The minimum absolute atomic E-state index is 0.607. The van der Waals surface area contributed by atoms with E-state index in [4.69, 9.17) is 0 Å². The predicted molar refractivity (Wildman–Crippen MR) is 104 cm³/mol. The molecule has 0 saturated carbocycles. The van der Waals surface area contributed by atoms with Crippen molar-refractivity contribution >= 4 is 10.9 Å². The number of piperidine rings is 1. The number of benzene rings is 2. The van der Waals surface area contributed by atoms with E-state index in [2.05, 4.69) is 71.0 Å². The van der Waals surface area contributed by atoms with E-state index in [1.165, 1.54) is 48.8 Å². The Morgan fingerprint density at radius 1 is 0.960 bits per heavy atom. The van der Waals surface area contributed by atoms with Gasteiger partial charge >= 0.3 is 0 Å². The Labute approximate surface area is 150 Å². The molecular weight excluding hydrogens is 304 g/mol. The molecule has 0 aliphatic carbocycles. The molecule has 0 unspecified atom stereocenters. The van der Waals surface area contributed by atoms with Crippen molar-refractivity contribution < 1.29 is 0 Å². The summed E-state index contributed by atoms with van der Waals surface area (Å²) in [6.45, 7) is 5.88. The van der Waals surface area contributed by atoms with Gasteiger partial charge in [0.1, 0.15) is 0 Å². The molecule has 2 nitrogen and oxygen atoms in total. The van der Waals surface area contributed by atoms with Crippen LogP contribution in [0.3, 0.4) is 0 Å². The summed E-state index contributed by atoms with van der Waals surface area (Å²) in [5.41, 5.74) is 6.02. The van der Waals surface area contributed by atoms with Crippen LogP contribution in [0, 0.1) is 5.92 Å². The van der Waals surface area contributed by atoms with Gasteiger partial charge in [-0.2, -0.15) is 0 Å². The summed E-state index contributed by atoms with van der Waals surface area (Å²) in [5, 5.41) is 1.48. The van der Waals surface area contributed by atoms with Crippen LogP contribution >= 0.6 is 0 Å². The quantitative estimate of drug-likeness (QED) is 0.640. The van der Waals surface area contributed by atoms with Gasteiger partial charge in [-0.25, -0.2) is 0 Å². The summed E-state index contributed by atoms with van der Waals surface area (Å²) in [4.78, 5) is 2.75. The number of aromatic nitrogens is 1. The van der Waals surface area contributed by atoms with E-state index in [1.807, 2.05) is 0 Å². The number of nitrogens with zero attached hydrogens (tertiary/aromatic N) is 2. The molecule has 2 heteroatoms. The second-order valence-corrected chi connectivity index (χ2v) is 7.90. The molecule has 0 spiro atoms. The lowest BCUT2D eigenvalue weighted by Gasteiger charge is -2.42. The first-order valence-electron chi connectivity index (χ1n) is 9.69. The summed E-state index contributed by atoms with van der Waals surface area (Å²) in [5.74, 6) is 0.838. The molecule has 25 heavy (non-hydrogen) atoms. The maximum absolute atomic E-state index is 2.75. The van der Waals surface area contributed by atoms with Gasteiger partial charge in [-0.3, -0.25) is 4.90 Å². The zero-order valence-corrected chi connectivity index (χ0v) is 15.0. The highest BCUT2D eigenvalue weighted by molar-refractivity contribution is 5.86. The highest BCUT2D eigenvalue weighted by Gasteiger charge is 2.35. The lowest BCUT2D eigenvalue weighted by atomic mass is 9.87. The Kier molecular flexibility index (Phi) is 3.67. The zero-order valence-electron chi connectivity index (χ0n) is 15.0. The molecule has 2 aliphatic heterocycles. The van der Waals surface area contributed by atoms with E-state index in [-0.39, 0.29) is 0 Å². The van der Waals surface area contributed by atoms with Crippen molar-refractivity contribution in [2.24, 2.45) is 5.92 Å². The fourth-order valence-electron chi connectivity index (χ4n) is 5.03. The lowest BCUT2D eigenvalue weighted by Crippen LogP contribution is -2.42. The van der Waals surface area contributed by atoms with Crippen LogP contribution in [0.15, 0.2) is 54.6 Å². The minimum Gasteiger partial charge on any atom is -0.338 e. The van der Waals surface area contributed by atoms with Gasteiger partial charge in [-0.15, -0.1) is 0 Å². The maximum Gasteiger partial charge on any atom is 0.0504 e. The van der Waals surface area contributed by atoms with E-state index in [1.54, 1.807) is 11.3 Å². The molecule has 0 N–H and O–H groups in total. The summed E-state index contributed by atoms with van der Waals surface area (Å²) in [7, 11) is 0. The molecule has 0 bridgehead atoms. The van der Waals surface area contributed by atoms with Crippen molar-refractivity contribution in [3.05, 3.63) is 71.4 Å². The van der Waals surface area contributed by atoms with Crippen molar-refractivity contribution in [2.75, 3.05) is 13.1 Å². The second-order valence-electron chi connectivity index (χ2n) is 7.90. The van der Waals surface area contributed by atoms with Gasteiger partial charge in [-0.1, -0.05) is 55.5 Å². The third-order valence-corrected chi connectivity index (χ3v) is 6.19. The summed E-state index contributed by atoms with van der Waals surface area (Å²) in [6, 6.07) is 20.6. The van der Waals surface area contributed by atoms with E-state index in [9.17, 15) is 0 Å². The van der Waals surface area contributed by atoms with Crippen molar-refractivity contribution in [2.45, 2.75) is 38.8 Å². The van der Waals surface area contributed by atoms with Gasteiger partial charge in [0.25, 0.3) is 0 Å². The molecule has 2 aliphatic rings. The Morgan fingerprint density at radius 2 is 1.76 bits per heavy atom. The standard InChI is InChI=1S/C23H26N2/c1-17-11-12-22-23-20(13-14-24(22)15-17)19-9-5-6-10-21(19)25(23)16-18-7-3-2-4-8-18/h2-10,17,22H,11-16H2,1H3/t17-,22-/m1/s1. The Bertz CT molecular complexity index is 893. The van der Waals surface area contributed by atoms with E-state index < -0.39 is 0 Å². The molecule has 1 fully saturated rings. The number of rotatable bonds is 2. The highest BCUT2D eigenvalue weighted by Crippen LogP contribution is 2.42. The molecule has 1 saturated heterocycles. The number of hydrogen-bond donors (Lipinski definition) is 0. The normalized spacial score (nSPS) is 23.4. The summed E-state index contributed by atoms with van der Waals surface area (Å²) >= 11 is 0. The van der Waals surface area contributed by atoms with Crippen molar-refractivity contribution in [3.63, 3.8) is 0 Å². The first-order chi connectivity index (χ1) is 12.3. The fourth-order valence-corrected chi connectivity index (χ4v) is 5.03. The van der Waals surface area contributed by atoms with Crippen LogP contribution in [0.25, 0.3) is 10.9 Å². The molecular formula is C23H26N2. The Balaban J connectivity index is 1.67. The van der Waals surface area contributed by atoms with Gasteiger partial charge in [0.05, 0.1) is 6.04 Å². The molecule has 0 radical (unpaired) electrons.